The second-order valence-electron chi connectivity index (χ2n) is 7.05. The van der Waals surface area contributed by atoms with Crippen molar-refractivity contribution in [1.29, 1.82) is 0 Å². The molecule has 0 radical (unpaired) electrons. The number of rotatable bonds is 5. The average molecular weight is 542 g/mol. The number of imide groups is 1. The molecule has 0 saturated carbocycles. The van der Waals surface area contributed by atoms with Crippen LogP contribution >= 0.6 is 31.9 Å². The molecule has 7 heteroatoms. The van der Waals surface area contributed by atoms with E-state index in [0.29, 0.717) is 18.0 Å². The van der Waals surface area contributed by atoms with Crippen molar-refractivity contribution in [3.05, 3.63) is 98.1 Å². The predicted octanol–water partition coefficient (Wildman–Crippen LogP) is 6.20. The number of aryl methyl sites for hydroxylation is 1. The molecule has 1 fully saturated rings. The van der Waals surface area contributed by atoms with Crippen LogP contribution in [0.2, 0.25) is 0 Å². The second kappa shape index (κ2) is 9.08. The van der Waals surface area contributed by atoms with E-state index >= 15 is 0 Å². The minimum Gasteiger partial charge on any atom is -0.487 e. The lowest BCUT2D eigenvalue weighted by Crippen LogP contribution is -2.30. The molecule has 0 spiro atoms. The van der Waals surface area contributed by atoms with Crippen molar-refractivity contribution in [1.82, 2.24) is 5.32 Å². The first-order chi connectivity index (χ1) is 14.9. The first-order valence-electron chi connectivity index (χ1n) is 9.52. The van der Waals surface area contributed by atoms with Gasteiger partial charge in [-0.3, -0.25) is 4.79 Å². The number of para-hydroxylation sites is 1. The lowest BCUT2D eigenvalue weighted by molar-refractivity contribution is -0.113. The van der Waals surface area contributed by atoms with E-state index in [1.807, 2.05) is 49.4 Å². The molecule has 1 aliphatic heterocycles. The van der Waals surface area contributed by atoms with Crippen molar-refractivity contribution < 1.29 is 14.3 Å². The molecule has 0 aliphatic carbocycles. The van der Waals surface area contributed by atoms with Crippen LogP contribution in [0.3, 0.4) is 0 Å². The molecule has 5 nitrogen and oxygen atoms in total. The van der Waals surface area contributed by atoms with Gasteiger partial charge in [0.15, 0.2) is 0 Å². The van der Waals surface area contributed by atoms with E-state index in [4.69, 9.17) is 4.74 Å². The second-order valence-corrected chi connectivity index (χ2v) is 8.76. The summed E-state index contributed by atoms with van der Waals surface area (Å²) in [7, 11) is 0. The van der Waals surface area contributed by atoms with Crippen LogP contribution in [0.25, 0.3) is 6.08 Å². The first-order valence-corrected chi connectivity index (χ1v) is 11.1. The Morgan fingerprint density at radius 2 is 1.61 bits per heavy atom. The molecule has 3 aromatic carbocycles. The minimum atomic E-state index is -0.473. The molecular formula is C24H18Br2N2O3. The summed E-state index contributed by atoms with van der Waals surface area (Å²) in [6.45, 7) is 2.47. The third-order valence-electron chi connectivity index (χ3n) is 4.73. The predicted molar refractivity (Wildman–Crippen MR) is 128 cm³/mol. The van der Waals surface area contributed by atoms with Crippen molar-refractivity contribution in [2.45, 2.75) is 13.5 Å². The third-order valence-corrected chi connectivity index (χ3v) is 5.91. The molecule has 4 rings (SSSR count). The molecule has 156 valence electrons. The van der Waals surface area contributed by atoms with Crippen molar-refractivity contribution in [2.75, 3.05) is 4.90 Å². The number of urea groups is 1. The smallest absolute Gasteiger partial charge is 0.333 e. The van der Waals surface area contributed by atoms with Crippen LogP contribution in [-0.2, 0) is 11.4 Å². The Hall–Kier alpha value is -2.90. The lowest BCUT2D eigenvalue weighted by Gasteiger charge is -2.12. The van der Waals surface area contributed by atoms with E-state index in [1.54, 1.807) is 30.3 Å². The van der Waals surface area contributed by atoms with Crippen LogP contribution < -0.4 is 15.0 Å². The zero-order valence-corrected chi connectivity index (χ0v) is 19.7. The van der Waals surface area contributed by atoms with Gasteiger partial charge in [0.05, 0.1) is 14.6 Å². The van der Waals surface area contributed by atoms with Gasteiger partial charge in [-0.05, 0) is 80.3 Å². The number of benzene rings is 3. The van der Waals surface area contributed by atoms with Crippen molar-refractivity contribution in [3.63, 3.8) is 0 Å². The molecule has 0 unspecified atom stereocenters. The van der Waals surface area contributed by atoms with Crippen LogP contribution in [0, 0.1) is 6.92 Å². The van der Waals surface area contributed by atoms with Crippen molar-refractivity contribution in [3.8, 4) is 5.75 Å². The van der Waals surface area contributed by atoms with Crippen molar-refractivity contribution in [2.24, 2.45) is 0 Å². The number of hydrogen-bond acceptors (Lipinski definition) is 3. The van der Waals surface area contributed by atoms with E-state index in [9.17, 15) is 9.59 Å². The maximum absolute atomic E-state index is 12.8. The van der Waals surface area contributed by atoms with E-state index in [0.717, 1.165) is 25.0 Å². The van der Waals surface area contributed by atoms with Gasteiger partial charge >= 0.3 is 6.03 Å². The summed E-state index contributed by atoms with van der Waals surface area (Å²) in [5.74, 6) is 0.263. The average Bonchev–Trinajstić information content (AvgIpc) is 3.02. The number of amides is 3. The maximum Gasteiger partial charge on any atom is 0.333 e. The van der Waals surface area contributed by atoms with Crippen LogP contribution in [0.15, 0.2) is 81.4 Å². The summed E-state index contributed by atoms with van der Waals surface area (Å²) in [6, 6.07) is 20.2. The molecule has 3 aromatic rings. The molecule has 1 saturated heterocycles. The van der Waals surface area contributed by atoms with Crippen LogP contribution in [0.1, 0.15) is 16.7 Å². The quantitative estimate of drug-likeness (QED) is 0.309. The Morgan fingerprint density at radius 1 is 0.968 bits per heavy atom. The Kier molecular flexibility index (Phi) is 6.25. The fourth-order valence-corrected chi connectivity index (χ4v) is 4.60. The number of carbonyl (C=O) groups excluding carboxylic acids is 2. The van der Waals surface area contributed by atoms with Gasteiger partial charge in [-0.1, -0.05) is 48.0 Å². The molecule has 1 aliphatic rings. The Balaban J connectivity index is 1.54. The van der Waals surface area contributed by atoms with E-state index in [2.05, 4.69) is 37.2 Å². The van der Waals surface area contributed by atoms with Gasteiger partial charge in [-0.2, -0.15) is 0 Å². The fourth-order valence-electron chi connectivity index (χ4n) is 3.15. The number of ether oxygens (including phenoxy) is 1. The number of halogens is 2. The Labute approximate surface area is 197 Å². The van der Waals surface area contributed by atoms with E-state index < -0.39 is 11.9 Å². The maximum atomic E-state index is 12.8. The van der Waals surface area contributed by atoms with Gasteiger partial charge in [0.25, 0.3) is 5.91 Å². The topological polar surface area (TPSA) is 58.6 Å². The minimum absolute atomic E-state index is 0.209. The summed E-state index contributed by atoms with van der Waals surface area (Å²) in [5, 5.41) is 2.64. The largest absolute Gasteiger partial charge is 0.487 e. The molecular weight excluding hydrogens is 524 g/mol. The molecule has 1 N–H and O–H groups in total. The van der Waals surface area contributed by atoms with Crippen LogP contribution in [-0.4, -0.2) is 11.9 Å². The highest BCUT2D eigenvalue weighted by atomic mass is 79.9. The first kappa shape index (κ1) is 21.3. The normalized spacial score (nSPS) is 14.8. The fraction of sp³-hybridized carbons (Fsp3) is 0.0833. The zero-order chi connectivity index (χ0) is 22.0. The molecule has 3 amide bonds. The lowest BCUT2D eigenvalue weighted by atomic mass is 10.1. The Bertz CT molecular complexity index is 1150. The van der Waals surface area contributed by atoms with Gasteiger partial charge in [0.2, 0.25) is 0 Å². The molecule has 0 atom stereocenters. The summed E-state index contributed by atoms with van der Waals surface area (Å²) >= 11 is 7.08. The summed E-state index contributed by atoms with van der Waals surface area (Å²) in [6.07, 6.45) is 1.64. The van der Waals surface area contributed by atoms with Gasteiger partial charge in [0.1, 0.15) is 18.1 Å². The number of carbonyl (C=O) groups is 2. The molecule has 0 aromatic heterocycles. The molecule has 1 heterocycles. The summed E-state index contributed by atoms with van der Waals surface area (Å²) < 4.78 is 7.44. The molecule has 31 heavy (non-hydrogen) atoms. The Morgan fingerprint density at radius 3 is 2.26 bits per heavy atom. The highest BCUT2D eigenvalue weighted by Crippen LogP contribution is 2.36. The summed E-state index contributed by atoms with van der Waals surface area (Å²) in [5.41, 5.74) is 3.73. The van der Waals surface area contributed by atoms with Gasteiger partial charge in [-0.15, -0.1) is 0 Å². The van der Waals surface area contributed by atoms with Gasteiger partial charge in [0, 0.05) is 0 Å². The standard InChI is InChI=1S/C24H18Br2N2O3/c1-15-7-9-16(10-8-15)14-31-22-19(25)11-17(12-20(22)26)13-21-23(29)28(24(30)27-21)18-5-3-2-4-6-18/h2-13H,14H2,1H3,(H,27,30)/b21-13+. The number of anilines is 1. The highest BCUT2D eigenvalue weighted by molar-refractivity contribution is 9.11. The van der Waals surface area contributed by atoms with Crippen LogP contribution in [0.5, 0.6) is 5.75 Å². The summed E-state index contributed by atoms with van der Waals surface area (Å²) in [4.78, 5) is 26.2. The molecule has 0 bridgehead atoms. The number of nitrogens with one attached hydrogen (secondary N) is 1. The van der Waals surface area contributed by atoms with Gasteiger partial charge < -0.3 is 10.1 Å². The van der Waals surface area contributed by atoms with Crippen molar-refractivity contribution >= 4 is 55.6 Å². The number of nitrogens with zero attached hydrogens (tertiary/aromatic N) is 1. The van der Waals surface area contributed by atoms with Crippen LogP contribution in [0.4, 0.5) is 10.5 Å². The third kappa shape index (κ3) is 4.73. The van der Waals surface area contributed by atoms with Gasteiger partial charge in [-0.25, -0.2) is 9.69 Å². The zero-order valence-electron chi connectivity index (χ0n) is 16.6. The van der Waals surface area contributed by atoms with E-state index in [-0.39, 0.29) is 5.70 Å². The SMILES string of the molecule is Cc1ccc(COc2c(Br)cc(/C=C3/NC(=O)N(c4ccccc4)C3=O)cc2Br)cc1. The monoisotopic (exact) mass is 540 g/mol. The number of hydrogen-bond donors (Lipinski definition) is 1. The van der Waals surface area contributed by atoms with E-state index in [1.165, 1.54) is 5.56 Å². The highest BCUT2D eigenvalue weighted by Gasteiger charge is 2.34.